The third kappa shape index (κ3) is 2.93. The van der Waals surface area contributed by atoms with Crippen molar-refractivity contribution in [3.05, 3.63) is 35.6 Å². The molecule has 108 valence electrons. The maximum absolute atomic E-state index is 12.8. The fourth-order valence-corrected chi connectivity index (χ4v) is 2.90. The number of likely N-dealkylation sites (tertiary alicyclic amines) is 1. The van der Waals surface area contributed by atoms with Crippen LogP contribution in [0.4, 0.5) is 9.18 Å². The van der Waals surface area contributed by atoms with E-state index in [1.54, 1.807) is 0 Å². The Morgan fingerprint density at radius 2 is 1.95 bits per heavy atom. The number of rotatable bonds is 3. The average Bonchev–Trinajstić information content (AvgIpc) is 2.81. The van der Waals surface area contributed by atoms with Crippen molar-refractivity contribution < 1.29 is 13.9 Å². The van der Waals surface area contributed by atoms with E-state index in [2.05, 4.69) is 10.2 Å². The zero-order valence-electron chi connectivity index (χ0n) is 11.4. The van der Waals surface area contributed by atoms with Crippen LogP contribution in [0, 0.1) is 5.82 Å². The van der Waals surface area contributed by atoms with Crippen molar-refractivity contribution in [1.82, 2.24) is 10.2 Å². The van der Waals surface area contributed by atoms with Gasteiger partial charge in [-0.2, -0.15) is 0 Å². The normalized spacial score (nSPS) is 21.8. The Morgan fingerprint density at radius 3 is 2.55 bits per heavy atom. The molecule has 2 heterocycles. The number of hydrogen-bond donors (Lipinski definition) is 1. The number of benzene rings is 1. The van der Waals surface area contributed by atoms with Gasteiger partial charge in [-0.3, -0.25) is 0 Å². The molecule has 5 heteroatoms. The van der Waals surface area contributed by atoms with Crippen molar-refractivity contribution in [2.24, 2.45) is 0 Å². The molecule has 2 aliphatic heterocycles. The maximum Gasteiger partial charge on any atom is 0.407 e. The van der Waals surface area contributed by atoms with Crippen LogP contribution in [0.2, 0.25) is 0 Å². The molecule has 0 atom stereocenters. The summed E-state index contributed by atoms with van der Waals surface area (Å²) in [7, 11) is 0. The van der Waals surface area contributed by atoms with Gasteiger partial charge < -0.3 is 15.0 Å². The number of carbonyl (C=O) groups is 1. The summed E-state index contributed by atoms with van der Waals surface area (Å²) < 4.78 is 18.2. The maximum atomic E-state index is 12.8. The monoisotopic (exact) mass is 278 g/mol. The van der Waals surface area contributed by atoms with Crippen LogP contribution in [0.1, 0.15) is 18.4 Å². The summed E-state index contributed by atoms with van der Waals surface area (Å²) >= 11 is 0. The molecule has 0 saturated carbocycles. The molecule has 2 fully saturated rings. The number of ether oxygens (including phenoxy) is 1. The Bertz CT molecular complexity index is 481. The van der Waals surface area contributed by atoms with Gasteiger partial charge >= 0.3 is 6.09 Å². The minimum atomic E-state index is -0.287. The summed E-state index contributed by atoms with van der Waals surface area (Å²) in [6.07, 6.45) is 2.40. The van der Waals surface area contributed by atoms with E-state index >= 15 is 0 Å². The fraction of sp³-hybridized carbons (Fsp3) is 0.533. The molecule has 2 aliphatic rings. The molecule has 3 rings (SSSR count). The fourth-order valence-electron chi connectivity index (χ4n) is 2.90. The highest BCUT2D eigenvalue weighted by molar-refractivity contribution is 5.70. The van der Waals surface area contributed by atoms with Crippen molar-refractivity contribution in [3.63, 3.8) is 0 Å². The lowest BCUT2D eigenvalue weighted by Crippen LogP contribution is -2.47. The average molecular weight is 278 g/mol. The van der Waals surface area contributed by atoms with Gasteiger partial charge in [0.1, 0.15) is 11.4 Å². The third-order valence-corrected chi connectivity index (χ3v) is 4.26. The molecule has 20 heavy (non-hydrogen) atoms. The summed E-state index contributed by atoms with van der Waals surface area (Å²) in [5.41, 5.74) is 0.879. The largest absolute Gasteiger partial charge is 0.441 e. The second-order valence-corrected chi connectivity index (χ2v) is 5.64. The molecule has 1 amide bonds. The third-order valence-electron chi connectivity index (χ3n) is 4.26. The van der Waals surface area contributed by atoms with E-state index in [4.69, 9.17) is 4.74 Å². The number of nitrogens with one attached hydrogen (secondary N) is 1. The number of nitrogens with zero attached hydrogens (tertiary/aromatic N) is 1. The van der Waals surface area contributed by atoms with Gasteiger partial charge in [0.25, 0.3) is 0 Å². The van der Waals surface area contributed by atoms with Crippen molar-refractivity contribution in [3.8, 4) is 0 Å². The summed E-state index contributed by atoms with van der Waals surface area (Å²) in [6.45, 7) is 3.48. The Morgan fingerprint density at radius 1 is 1.25 bits per heavy atom. The summed E-state index contributed by atoms with van der Waals surface area (Å²) in [4.78, 5) is 13.5. The van der Waals surface area contributed by atoms with E-state index < -0.39 is 0 Å². The highest BCUT2D eigenvalue weighted by Gasteiger charge is 2.42. The number of halogens is 1. The first-order valence-corrected chi connectivity index (χ1v) is 7.09. The van der Waals surface area contributed by atoms with Crippen LogP contribution in [-0.2, 0) is 11.2 Å². The lowest BCUT2D eigenvalue weighted by Gasteiger charge is -2.37. The van der Waals surface area contributed by atoms with Gasteiger partial charge in [0.05, 0.1) is 6.54 Å². The molecule has 0 aliphatic carbocycles. The zero-order chi connectivity index (χ0) is 14.0. The smallest absolute Gasteiger partial charge is 0.407 e. The van der Waals surface area contributed by atoms with Crippen molar-refractivity contribution in [1.29, 1.82) is 0 Å². The SMILES string of the molecule is O=C1NCC2(CCN(CCc3ccc(F)cc3)CC2)O1. The van der Waals surface area contributed by atoms with Crippen LogP contribution in [0.25, 0.3) is 0 Å². The highest BCUT2D eigenvalue weighted by atomic mass is 19.1. The summed E-state index contributed by atoms with van der Waals surface area (Å²) in [5, 5.41) is 2.74. The van der Waals surface area contributed by atoms with Crippen LogP contribution in [0.5, 0.6) is 0 Å². The quantitative estimate of drug-likeness (QED) is 0.918. The van der Waals surface area contributed by atoms with E-state index in [1.807, 2.05) is 12.1 Å². The van der Waals surface area contributed by atoms with Crippen LogP contribution in [-0.4, -0.2) is 42.8 Å². The number of hydrogen-bond acceptors (Lipinski definition) is 3. The van der Waals surface area contributed by atoms with Gasteiger partial charge in [-0.15, -0.1) is 0 Å². The lowest BCUT2D eigenvalue weighted by molar-refractivity contribution is 0.00123. The Balaban J connectivity index is 1.47. The molecule has 0 unspecified atom stereocenters. The van der Waals surface area contributed by atoms with E-state index in [0.29, 0.717) is 6.54 Å². The van der Waals surface area contributed by atoms with Gasteiger partial charge in [0.15, 0.2) is 0 Å². The van der Waals surface area contributed by atoms with Gasteiger partial charge in [-0.25, -0.2) is 9.18 Å². The minimum Gasteiger partial charge on any atom is -0.441 e. The molecule has 0 aromatic heterocycles. The first-order valence-electron chi connectivity index (χ1n) is 7.09. The molecule has 1 spiro atoms. The molecule has 2 saturated heterocycles. The van der Waals surface area contributed by atoms with Gasteiger partial charge in [0, 0.05) is 32.5 Å². The van der Waals surface area contributed by atoms with E-state index in [1.165, 1.54) is 12.1 Å². The molecule has 4 nitrogen and oxygen atoms in total. The molecule has 1 aromatic rings. The number of amides is 1. The second-order valence-electron chi connectivity index (χ2n) is 5.64. The molecular weight excluding hydrogens is 259 g/mol. The van der Waals surface area contributed by atoms with Gasteiger partial charge in [0.2, 0.25) is 0 Å². The molecule has 0 radical (unpaired) electrons. The van der Waals surface area contributed by atoms with Crippen LogP contribution >= 0.6 is 0 Å². The number of piperidine rings is 1. The Hall–Kier alpha value is -1.62. The predicted molar refractivity (Wildman–Crippen MR) is 73.0 cm³/mol. The van der Waals surface area contributed by atoms with Crippen LogP contribution in [0.15, 0.2) is 24.3 Å². The topological polar surface area (TPSA) is 41.6 Å². The standard InChI is InChI=1S/C15H19FN2O2/c16-13-3-1-12(2-4-13)5-8-18-9-6-15(7-10-18)11-17-14(19)20-15/h1-4H,5-11H2,(H,17,19). The molecule has 1 N–H and O–H groups in total. The van der Waals surface area contributed by atoms with Crippen molar-refractivity contribution >= 4 is 6.09 Å². The van der Waals surface area contributed by atoms with Crippen LogP contribution in [0.3, 0.4) is 0 Å². The van der Waals surface area contributed by atoms with E-state index in [9.17, 15) is 9.18 Å². The molecule has 0 bridgehead atoms. The predicted octanol–water partition coefficient (Wildman–Crippen LogP) is 1.94. The number of alkyl carbamates (subject to hydrolysis) is 1. The van der Waals surface area contributed by atoms with Gasteiger partial charge in [-0.05, 0) is 24.1 Å². The van der Waals surface area contributed by atoms with Gasteiger partial charge in [-0.1, -0.05) is 12.1 Å². The Kier molecular flexibility index (Phi) is 3.61. The Labute approximate surface area is 117 Å². The second kappa shape index (κ2) is 5.40. The zero-order valence-corrected chi connectivity index (χ0v) is 11.4. The highest BCUT2D eigenvalue weighted by Crippen LogP contribution is 2.29. The molecular formula is C15H19FN2O2. The van der Waals surface area contributed by atoms with Crippen LogP contribution < -0.4 is 5.32 Å². The summed E-state index contributed by atoms with van der Waals surface area (Å²) in [5.74, 6) is -0.191. The first kappa shape index (κ1) is 13.4. The first-order chi connectivity index (χ1) is 9.65. The van der Waals surface area contributed by atoms with E-state index in [0.717, 1.165) is 44.5 Å². The lowest BCUT2D eigenvalue weighted by atomic mass is 9.91. The number of carbonyl (C=O) groups excluding carboxylic acids is 1. The summed E-state index contributed by atoms with van der Waals surface area (Å²) in [6, 6.07) is 6.68. The van der Waals surface area contributed by atoms with Crippen molar-refractivity contribution in [2.75, 3.05) is 26.2 Å². The van der Waals surface area contributed by atoms with Crippen molar-refractivity contribution in [2.45, 2.75) is 24.9 Å². The minimum absolute atomic E-state index is 0.191. The van der Waals surface area contributed by atoms with E-state index in [-0.39, 0.29) is 17.5 Å². The molecule has 1 aromatic carbocycles.